The summed E-state index contributed by atoms with van der Waals surface area (Å²) in [6.07, 6.45) is 3.59. The Balaban J connectivity index is 1.60. The Morgan fingerprint density at radius 2 is 2.53 bits per heavy atom. The minimum absolute atomic E-state index is 0.0344. The van der Waals surface area contributed by atoms with Crippen LogP contribution in [0.25, 0.3) is 10.8 Å². The molecule has 1 saturated heterocycles. The van der Waals surface area contributed by atoms with Gasteiger partial charge in [0.1, 0.15) is 6.61 Å². The van der Waals surface area contributed by atoms with Crippen LogP contribution in [0, 0.1) is 0 Å². The second-order valence-electron chi connectivity index (χ2n) is 4.25. The largest absolute Gasteiger partial charge is 0.462 e. The van der Waals surface area contributed by atoms with Gasteiger partial charge in [-0.25, -0.2) is 9.78 Å². The van der Waals surface area contributed by atoms with Gasteiger partial charge in [0, 0.05) is 12.0 Å². The Bertz CT molecular complexity index is 543. The smallest absolute Gasteiger partial charge is 0.357 e. The number of ether oxygens (including phenoxy) is 2. The first-order valence-corrected chi connectivity index (χ1v) is 6.99. The number of hydrogen-bond acceptors (Lipinski definition) is 6. The standard InChI is InChI=1S/C13H13NO4S/c15-13(18-7-9-3-1-5-16-9)10-8-19-12(14-10)11-4-2-6-17-11/h2,4,6,8-9H,1,3,5,7H2. The van der Waals surface area contributed by atoms with E-state index in [4.69, 9.17) is 13.9 Å². The molecule has 0 aromatic carbocycles. The van der Waals surface area contributed by atoms with Crippen LogP contribution in [0.2, 0.25) is 0 Å². The summed E-state index contributed by atoms with van der Waals surface area (Å²) in [5, 5.41) is 2.35. The van der Waals surface area contributed by atoms with Gasteiger partial charge in [0.25, 0.3) is 0 Å². The third-order valence-electron chi connectivity index (χ3n) is 2.87. The average Bonchev–Trinajstić information content (AvgIpc) is 3.14. The zero-order valence-corrected chi connectivity index (χ0v) is 11.0. The first-order chi connectivity index (χ1) is 9.33. The molecule has 1 unspecified atom stereocenters. The fourth-order valence-electron chi connectivity index (χ4n) is 1.90. The van der Waals surface area contributed by atoms with Crippen LogP contribution >= 0.6 is 11.3 Å². The highest BCUT2D eigenvalue weighted by atomic mass is 32.1. The summed E-state index contributed by atoms with van der Waals surface area (Å²) in [6.45, 7) is 1.05. The van der Waals surface area contributed by atoms with Gasteiger partial charge in [-0.15, -0.1) is 11.3 Å². The fraction of sp³-hybridized carbons (Fsp3) is 0.385. The van der Waals surface area contributed by atoms with Crippen LogP contribution in [0.5, 0.6) is 0 Å². The zero-order valence-electron chi connectivity index (χ0n) is 10.2. The Labute approximate surface area is 114 Å². The van der Waals surface area contributed by atoms with E-state index in [1.807, 2.05) is 0 Å². The van der Waals surface area contributed by atoms with Gasteiger partial charge in [-0.1, -0.05) is 0 Å². The van der Waals surface area contributed by atoms with Gasteiger partial charge in [-0.05, 0) is 25.0 Å². The summed E-state index contributed by atoms with van der Waals surface area (Å²) in [5.74, 6) is 0.243. The number of carbonyl (C=O) groups is 1. The van der Waals surface area contributed by atoms with E-state index in [1.54, 1.807) is 23.8 Å². The van der Waals surface area contributed by atoms with E-state index >= 15 is 0 Å². The van der Waals surface area contributed by atoms with Crippen molar-refractivity contribution in [2.24, 2.45) is 0 Å². The average molecular weight is 279 g/mol. The molecular weight excluding hydrogens is 266 g/mol. The highest BCUT2D eigenvalue weighted by Gasteiger charge is 2.19. The van der Waals surface area contributed by atoms with Crippen LogP contribution < -0.4 is 0 Å². The molecule has 0 N–H and O–H groups in total. The number of carbonyl (C=O) groups excluding carboxylic acids is 1. The van der Waals surface area contributed by atoms with Crippen molar-refractivity contribution >= 4 is 17.3 Å². The zero-order chi connectivity index (χ0) is 13.1. The van der Waals surface area contributed by atoms with Gasteiger partial charge in [0.2, 0.25) is 0 Å². The van der Waals surface area contributed by atoms with Gasteiger partial charge in [-0.2, -0.15) is 0 Å². The molecule has 1 aliphatic heterocycles. The van der Waals surface area contributed by atoms with Gasteiger partial charge < -0.3 is 13.9 Å². The van der Waals surface area contributed by atoms with Crippen molar-refractivity contribution in [1.29, 1.82) is 0 Å². The summed E-state index contributed by atoms with van der Waals surface area (Å²) in [6, 6.07) is 3.59. The lowest BCUT2D eigenvalue weighted by Crippen LogP contribution is -2.18. The summed E-state index contributed by atoms with van der Waals surface area (Å²) in [4.78, 5) is 16.0. The number of nitrogens with zero attached hydrogens (tertiary/aromatic N) is 1. The molecule has 100 valence electrons. The van der Waals surface area contributed by atoms with Crippen molar-refractivity contribution in [2.45, 2.75) is 18.9 Å². The normalized spacial score (nSPS) is 18.6. The first-order valence-electron chi connectivity index (χ1n) is 6.11. The van der Waals surface area contributed by atoms with Crippen LogP contribution in [0.15, 0.2) is 28.2 Å². The molecule has 1 atom stereocenters. The van der Waals surface area contributed by atoms with Gasteiger partial charge >= 0.3 is 5.97 Å². The fourth-order valence-corrected chi connectivity index (χ4v) is 2.65. The van der Waals surface area contributed by atoms with Crippen molar-refractivity contribution in [3.8, 4) is 10.8 Å². The van der Waals surface area contributed by atoms with Crippen molar-refractivity contribution in [2.75, 3.05) is 13.2 Å². The minimum Gasteiger partial charge on any atom is -0.462 e. The van der Waals surface area contributed by atoms with Gasteiger partial charge in [-0.3, -0.25) is 0 Å². The number of esters is 1. The molecule has 2 aromatic heterocycles. The molecule has 3 rings (SSSR count). The van der Waals surface area contributed by atoms with E-state index in [2.05, 4.69) is 4.98 Å². The number of hydrogen-bond donors (Lipinski definition) is 0. The molecule has 0 aliphatic carbocycles. The van der Waals surface area contributed by atoms with Gasteiger partial charge in [0.15, 0.2) is 16.5 Å². The summed E-state index contributed by atoms with van der Waals surface area (Å²) < 4.78 is 15.8. The predicted octanol–water partition coefficient (Wildman–Crippen LogP) is 2.74. The van der Waals surface area contributed by atoms with E-state index < -0.39 is 5.97 Å². The highest BCUT2D eigenvalue weighted by Crippen LogP contribution is 2.24. The lowest BCUT2D eigenvalue weighted by atomic mass is 10.2. The second-order valence-corrected chi connectivity index (χ2v) is 5.11. The van der Waals surface area contributed by atoms with Crippen molar-refractivity contribution < 1.29 is 18.7 Å². The van der Waals surface area contributed by atoms with Crippen molar-refractivity contribution in [3.63, 3.8) is 0 Å². The lowest BCUT2D eigenvalue weighted by molar-refractivity contribution is 0.0157. The lowest BCUT2D eigenvalue weighted by Gasteiger charge is -2.08. The Morgan fingerprint density at radius 3 is 3.26 bits per heavy atom. The highest BCUT2D eigenvalue weighted by molar-refractivity contribution is 7.13. The number of aromatic nitrogens is 1. The number of thiazole rings is 1. The SMILES string of the molecule is O=C(OCC1CCCO1)c1csc(-c2ccco2)n1. The Hall–Kier alpha value is -1.66. The van der Waals surface area contributed by atoms with Crippen LogP contribution in [0.3, 0.4) is 0 Å². The van der Waals surface area contributed by atoms with Crippen molar-refractivity contribution in [1.82, 2.24) is 4.98 Å². The molecule has 0 bridgehead atoms. The molecule has 0 spiro atoms. The molecule has 0 saturated carbocycles. The van der Waals surface area contributed by atoms with Crippen LogP contribution in [0.4, 0.5) is 0 Å². The first kappa shape index (κ1) is 12.4. The molecular formula is C13H13NO4S. The monoisotopic (exact) mass is 279 g/mol. The van der Waals surface area contributed by atoms with Crippen LogP contribution in [-0.4, -0.2) is 30.3 Å². The molecule has 0 amide bonds. The summed E-state index contributed by atoms with van der Waals surface area (Å²) in [7, 11) is 0. The maximum Gasteiger partial charge on any atom is 0.357 e. The third-order valence-corrected chi connectivity index (χ3v) is 3.73. The van der Waals surface area contributed by atoms with E-state index in [0.717, 1.165) is 19.4 Å². The quantitative estimate of drug-likeness (QED) is 0.805. The molecule has 0 radical (unpaired) electrons. The molecule has 19 heavy (non-hydrogen) atoms. The summed E-state index contributed by atoms with van der Waals surface area (Å²) >= 11 is 1.36. The summed E-state index contributed by atoms with van der Waals surface area (Å²) in [5.41, 5.74) is 0.314. The predicted molar refractivity (Wildman–Crippen MR) is 69.1 cm³/mol. The van der Waals surface area contributed by atoms with E-state index in [1.165, 1.54) is 11.3 Å². The van der Waals surface area contributed by atoms with E-state index in [0.29, 0.717) is 23.1 Å². The molecule has 3 heterocycles. The van der Waals surface area contributed by atoms with Crippen LogP contribution in [0.1, 0.15) is 23.3 Å². The molecule has 2 aromatic rings. The van der Waals surface area contributed by atoms with Crippen molar-refractivity contribution in [3.05, 3.63) is 29.5 Å². The Morgan fingerprint density at radius 1 is 1.58 bits per heavy atom. The molecule has 1 fully saturated rings. The Kier molecular flexibility index (Phi) is 3.61. The molecule has 1 aliphatic rings. The third kappa shape index (κ3) is 2.85. The maximum atomic E-state index is 11.8. The van der Waals surface area contributed by atoms with E-state index in [9.17, 15) is 4.79 Å². The molecule has 6 heteroatoms. The second kappa shape index (κ2) is 5.54. The van der Waals surface area contributed by atoms with Crippen LogP contribution in [-0.2, 0) is 9.47 Å². The number of furan rings is 1. The maximum absolute atomic E-state index is 11.8. The topological polar surface area (TPSA) is 61.6 Å². The van der Waals surface area contributed by atoms with E-state index in [-0.39, 0.29) is 6.10 Å². The van der Waals surface area contributed by atoms with Gasteiger partial charge in [0.05, 0.1) is 12.4 Å². The minimum atomic E-state index is -0.412. The molecule has 5 nitrogen and oxygen atoms in total. The number of rotatable bonds is 4.